The molecule has 19 heavy (non-hydrogen) atoms. The maximum atomic E-state index is 6.36. The largest absolute Gasteiger partial charge is 0.374 e. The van der Waals surface area contributed by atoms with Gasteiger partial charge in [0.15, 0.2) is 0 Å². The van der Waals surface area contributed by atoms with Gasteiger partial charge in [0.2, 0.25) is 0 Å². The zero-order valence-electron chi connectivity index (χ0n) is 11.3. The second-order valence-corrected chi connectivity index (χ2v) is 5.57. The Labute approximate surface area is 124 Å². The number of hydrogen-bond acceptors (Lipinski definition) is 3. The monoisotopic (exact) mass is 302 g/mol. The first-order chi connectivity index (χ1) is 9.15. The highest BCUT2D eigenvalue weighted by Crippen LogP contribution is 2.36. The number of halogens is 2. The highest BCUT2D eigenvalue weighted by molar-refractivity contribution is 6.42. The Hall–Kier alpha value is -0.320. The van der Waals surface area contributed by atoms with Crippen LogP contribution in [-0.4, -0.2) is 44.3 Å². The molecule has 0 amide bonds. The van der Waals surface area contributed by atoms with Gasteiger partial charge in [-0.1, -0.05) is 42.3 Å². The predicted molar refractivity (Wildman–Crippen MR) is 80.1 cm³/mol. The summed E-state index contributed by atoms with van der Waals surface area (Å²) in [7, 11) is 2.10. The van der Waals surface area contributed by atoms with Crippen molar-refractivity contribution >= 4 is 23.2 Å². The molecule has 1 saturated heterocycles. The molecule has 0 saturated carbocycles. The number of likely N-dealkylation sites (N-methyl/N-ethyl adjacent to an activating group) is 2. The molecule has 0 radical (unpaired) electrons. The van der Waals surface area contributed by atoms with Crippen LogP contribution >= 0.6 is 23.2 Å². The van der Waals surface area contributed by atoms with Crippen LogP contribution in [0.15, 0.2) is 18.2 Å². The molecule has 1 aliphatic rings. The third-order valence-electron chi connectivity index (χ3n) is 3.50. The van der Waals surface area contributed by atoms with Gasteiger partial charge in [-0.25, -0.2) is 0 Å². The zero-order chi connectivity index (χ0) is 13.8. The highest BCUT2D eigenvalue weighted by Gasteiger charge is 2.32. The van der Waals surface area contributed by atoms with Crippen LogP contribution in [0.3, 0.4) is 0 Å². The third-order valence-corrected chi connectivity index (χ3v) is 4.33. The van der Waals surface area contributed by atoms with E-state index in [4.69, 9.17) is 27.9 Å². The molecule has 106 valence electrons. The number of benzene rings is 1. The lowest BCUT2D eigenvalue weighted by molar-refractivity contribution is -0.0611. The minimum Gasteiger partial charge on any atom is -0.374 e. The van der Waals surface area contributed by atoms with Crippen molar-refractivity contribution in [2.75, 3.05) is 33.3 Å². The third kappa shape index (κ3) is 3.41. The van der Waals surface area contributed by atoms with Gasteiger partial charge in [-0.2, -0.15) is 0 Å². The summed E-state index contributed by atoms with van der Waals surface area (Å²) in [5.74, 6) is 0. The van der Waals surface area contributed by atoms with Gasteiger partial charge in [-0.05, 0) is 25.2 Å². The fourth-order valence-electron chi connectivity index (χ4n) is 2.51. The van der Waals surface area contributed by atoms with Crippen molar-refractivity contribution in [2.45, 2.75) is 19.1 Å². The van der Waals surface area contributed by atoms with Gasteiger partial charge in [0, 0.05) is 13.1 Å². The van der Waals surface area contributed by atoms with E-state index in [0.717, 1.165) is 31.8 Å². The fraction of sp³-hybridized carbons (Fsp3) is 0.571. The fourth-order valence-corrected chi connectivity index (χ4v) is 2.93. The summed E-state index contributed by atoms with van der Waals surface area (Å²) in [6.07, 6.45) is 0.0923. The Morgan fingerprint density at radius 2 is 2.21 bits per heavy atom. The summed E-state index contributed by atoms with van der Waals surface area (Å²) in [6.45, 7) is 5.49. The van der Waals surface area contributed by atoms with E-state index in [0.29, 0.717) is 10.0 Å². The summed E-state index contributed by atoms with van der Waals surface area (Å²) in [5.41, 5.74) is 1.04. The van der Waals surface area contributed by atoms with Crippen molar-refractivity contribution in [2.24, 2.45) is 0 Å². The lowest BCUT2D eigenvalue weighted by Crippen LogP contribution is -2.47. The number of ether oxygens (including phenoxy) is 1. The van der Waals surface area contributed by atoms with Crippen LogP contribution in [0.2, 0.25) is 10.0 Å². The first-order valence-electron chi connectivity index (χ1n) is 6.61. The number of nitrogens with one attached hydrogen (secondary N) is 1. The molecule has 1 aromatic rings. The zero-order valence-corrected chi connectivity index (χ0v) is 12.8. The highest BCUT2D eigenvalue weighted by atomic mass is 35.5. The van der Waals surface area contributed by atoms with Crippen molar-refractivity contribution in [3.63, 3.8) is 0 Å². The van der Waals surface area contributed by atoms with E-state index in [1.54, 1.807) is 0 Å². The van der Waals surface area contributed by atoms with E-state index < -0.39 is 0 Å². The van der Waals surface area contributed by atoms with Crippen LogP contribution < -0.4 is 5.32 Å². The Morgan fingerprint density at radius 1 is 1.42 bits per heavy atom. The van der Waals surface area contributed by atoms with Crippen LogP contribution in [0.5, 0.6) is 0 Å². The molecule has 1 N–H and O–H groups in total. The van der Waals surface area contributed by atoms with Crippen LogP contribution in [0.25, 0.3) is 0 Å². The van der Waals surface area contributed by atoms with Crippen molar-refractivity contribution < 1.29 is 4.74 Å². The summed E-state index contributed by atoms with van der Waals surface area (Å²) in [4.78, 5) is 2.28. The van der Waals surface area contributed by atoms with Gasteiger partial charge in [0.25, 0.3) is 0 Å². The number of hydrogen-bond donors (Lipinski definition) is 1. The summed E-state index contributed by atoms with van der Waals surface area (Å²) in [5, 5.41) is 4.57. The molecule has 3 nitrogen and oxygen atoms in total. The van der Waals surface area contributed by atoms with Crippen molar-refractivity contribution in [1.29, 1.82) is 0 Å². The molecule has 2 unspecified atom stereocenters. The molecule has 1 fully saturated rings. The van der Waals surface area contributed by atoms with E-state index in [2.05, 4.69) is 24.2 Å². The van der Waals surface area contributed by atoms with Crippen LogP contribution in [0.4, 0.5) is 0 Å². The molecule has 5 heteroatoms. The minimum absolute atomic E-state index is 0.0923. The normalized spacial score (nSPS) is 24.6. The number of rotatable bonds is 4. The maximum Gasteiger partial charge on any atom is 0.0896 e. The molecule has 0 aromatic heterocycles. The van der Waals surface area contributed by atoms with E-state index in [9.17, 15) is 0 Å². The molecule has 0 bridgehead atoms. The van der Waals surface area contributed by atoms with Gasteiger partial charge < -0.3 is 10.1 Å². The minimum atomic E-state index is 0.0923. The van der Waals surface area contributed by atoms with Gasteiger partial charge in [-0.3, -0.25) is 4.90 Å². The molecular weight excluding hydrogens is 283 g/mol. The second-order valence-electron chi connectivity index (χ2n) is 4.79. The molecule has 1 aromatic carbocycles. The Kier molecular flexibility index (Phi) is 5.48. The van der Waals surface area contributed by atoms with Gasteiger partial charge in [-0.15, -0.1) is 0 Å². The quantitative estimate of drug-likeness (QED) is 0.925. The standard InChI is InChI=1S/C14H20Cl2N2O/c1-3-17-9-12-14(18(2)7-8-19-12)10-5-4-6-11(15)13(10)16/h4-6,12,14,17H,3,7-9H2,1-2H3. The average Bonchev–Trinajstić information content (AvgIpc) is 2.40. The first-order valence-corrected chi connectivity index (χ1v) is 7.37. The van der Waals surface area contributed by atoms with Gasteiger partial charge in [0.1, 0.15) is 0 Å². The van der Waals surface area contributed by atoms with Gasteiger partial charge >= 0.3 is 0 Å². The summed E-state index contributed by atoms with van der Waals surface area (Å²) < 4.78 is 5.91. The second kappa shape index (κ2) is 6.91. The molecule has 0 aliphatic carbocycles. The Bertz CT molecular complexity index is 428. The predicted octanol–water partition coefficient (Wildman–Crippen LogP) is 2.97. The first kappa shape index (κ1) is 15.1. The van der Waals surface area contributed by atoms with Crippen molar-refractivity contribution in [1.82, 2.24) is 10.2 Å². The number of nitrogens with zero attached hydrogens (tertiary/aromatic N) is 1. The van der Waals surface area contributed by atoms with Crippen LogP contribution in [0, 0.1) is 0 Å². The molecule has 0 spiro atoms. The lowest BCUT2D eigenvalue weighted by atomic mass is 9.98. The number of morpholine rings is 1. The lowest BCUT2D eigenvalue weighted by Gasteiger charge is -2.40. The van der Waals surface area contributed by atoms with E-state index >= 15 is 0 Å². The van der Waals surface area contributed by atoms with E-state index in [1.807, 2.05) is 18.2 Å². The molecule has 2 atom stereocenters. The van der Waals surface area contributed by atoms with Crippen molar-refractivity contribution in [3.8, 4) is 0 Å². The van der Waals surface area contributed by atoms with Crippen LogP contribution in [-0.2, 0) is 4.74 Å². The maximum absolute atomic E-state index is 6.36. The molecule has 1 heterocycles. The smallest absolute Gasteiger partial charge is 0.0896 e. The Balaban J connectivity index is 2.28. The van der Waals surface area contributed by atoms with Gasteiger partial charge in [0.05, 0.1) is 28.8 Å². The molecular formula is C14H20Cl2N2O. The van der Waals surface area contributed by atoms with E-state index in [1.165, 1.54) is 0 Å². The van der Waals surface area contributed by atoms with E-state index in [-0.39, 0.29) is 12.1 Å². The average molecular weight is 303 g/mol. The Morgan fingerprint density at radius 3 is 2.95 bits per heavy atom. The summed E-state index contributed by atoms with van der Waals surface area (Å²) in [6, 6.07) is 5.93. The molecule has 1 aliphatic heterocycles. The van der Waals surface area contributed by atoms with Crippen LogP contribution in [0.1, 0.15) is 18.5 Å². The summed E-state index contributed by atoms with van der Waals surface area (Å²) >= 11 is 12.5. The molecule has 2 rings (SSSR count). The van der Waals surface area contributed by atoms with Crippen molar-refractivity contribution in [3.05, 3.63) is 33.8 Å². The topological polar surface area (TPSA) is 24.5 Å². The SMILES string of the molecule is CCNCC1OCCN(C)C1c1cccc(Cl)c1Cl.